The molecular weight excluding hydrogens is 416 g/mol. The summed E-state index contributed by atoms with van der Waals surface area (Å²) in [6.45, 7) is 0. The fourth-order valence-corrected chi connectivity index (χ4v) is 6.20. The first kappa shape index (κ1) is 19.5. The van der Waals surface area contributed by atoms with E-state index in [0.717, 1.165) is 50.5 Å². The number of benzene rings is 2. The monoisotopic (exact) mass is 440 g/mol. The second-order valence-corrected chi connectivity index (χ2v) is 9.57. The molecule has 2 aromatic carbocycles. The SMILES string of the molecule is COc1ccc(-c2c3c(nc4sc5c(c24)NC(c2ccccc2)CC5=O)CCCC3)cc1. The number of thiophene rings is 1. The highest BCUT2D eigenvalue weighted by molar-refractivity contribution is 7.21. The largest absolute Gasteiger partial charge is 0.497 e. The van der Waals surface area contributed by atoms with Crippen LogP contribution >= 0.6 is 11.3 Å². The van der Waals surface area contributed by atoms with E-state index in [-0.39, 0.29) is 11.8 Å². The second-order valence-electron chi connectivity index (χ2n) is 8.57. The van der Waals surface area contributed by atoms with Crippen LogP contribution in [0.1, 0.15) is 51.8 Å². The number of Topliss-reactive ketones (excluding diaryl/α,β-unsaturated/α-hetero) is 1. The summed E-state index contributed by atoms with van der Waals surface area (Å²) in [6, 6.07) is 18.5. The molecule has 160 valence electrons. The zero-order valence-corrected chi connectivity index (χ0v) is 18.8. The molecule has 0 saturated heterocycles. The first-order chi connectivity index (χ1) is 15.7. The number of hydrogen-bond acceptors (Lipinski definition) is 5. The minimum atomic E-state index is -0.0197. The van der Waals surface area contributed by atoms with E-state index < -0.39 is 0 Å². The van der Waals surface area contributed by atoms with Gasteiger partial charge in [0.1, 0.15) is 10.6 Å². The predicted molar refractivity (Wildman–Crippen MR) is 130 cm³/mol. The van der Waals surface area contributed by atoms with Crippen molar-refractivity contribution >= 4 is 33.0 Å². The van der Waals surface area contributed by atoms with E-state index in [9.17, 15) is 4.79 Å². The number of nitrogens with one attached hydrogen (secondary N) is 1. The van der Waals surface area contributed by atoms with Crippen LogP contribution in [-0.2, 0) is 12.8 Å². The van der Waals surface area contributed by atoms with Gasteiger partial charge in [0.2, 0.25) is 0 Å². The predicted octanol–water partition coefficient (Wildman–Crippen LogP) is 6.59. The summed E-state index contributed by atoms with van der Waals surface area (Å²) in [5, 5.41) is 4.83. The summed E-state index contributed by atoms with van der Waals surface area (Å²) in [5.41, 5.74) is 7.03. The van der Waals surface area contributed by atoms with Crippen LogP contribution in [0.15, 0.2) is 54.6 Å². The number of carbonyl (C=O) groups excluding carboxylic acids is 1. The number of carbonyl (C=O) groups is 1. The Bertz CT molecular complexity index is 1330. The van der Waals surface area contributed by atoms with Gasteiger partial charge < -0.3 is 10.1 Å². The van der Waals surface area contributed by atoms with Crippen LogP contribution in [-0.4, -0.2) is 17.9 Å². The smallest absolute Gasteiger partial charge is 0.177 e. The lowest BCUT2D eigenvalue weighted by atomic mass is 9.86. The molecule has 5 heteroatoms. The summed E-state index contributed by atoms with van der Waals surface area (Å²) in [7, 11) is 1.69. The van der Waals surface area contributed by atoms with Gasteiger partial charge in [-0.15, -0.1) is 11.3 Å². The van der Waals surface area contributed by atoms with E-state index in [1.54, 1.807) is 18.4 Å². The number of anilines is 1. The molecule has 2 aliphatic rings. The van der Waals surface area contributed by atoms with Gasteiger partial charge in [0.25, 0.3) is 0 Å². The lowest BCUT2D eigenvalue weighted by Crippen LogP contribution is -2.21. The van der Waals surface area contributed by atoms with E-state index >= 15 is 0 Å². The van der Waals surface area contributed by atoms with Crippen LogP contribution < -0.4 is 10.1 Å². The van der Waals surface area contributed by atoms with Crippen molar-refractivity contribution in [1.29, 1.82) is 0 Å². The molecule has 1 N–H and O–H groups in total. The van der Waals surface area contributed by atoms with Crippen molar-refractivity contribution in [2.45, 2.75) is 38.1 Å². The van der Waals surface area contributed by atoms with Crippen molar-refractivity contribution in [2.24, 2.45) is 0 Å². The molecule has 32 heavy (non-hydrogen) atoms. The van der Waals surface area contributed by atoms with Gasteiger partial charge in [-0.05, 0) is 60.1 Å². The Hall–Kier alpha value is -3.18. The van der Waals surface area contributed by atoms with Gasteiger partial charge in [0.05, 0.1) is 23.7 Å². The van der Waals surface area contributed by atoms with Gasteiger partial charge in [-0.1, -0.05) is 42.5 Å². The van der Waals surface area contributed by atoms with Crippen LogP contribution in [0.4, 0.5) is 5.69 Å². The number of fused-ring (bicyclic) bond motifs is 4. The Labute approximate surface area is 191 Å². The fourth-order valence-electron chi connectivity index (χ4n) is 5.09. The van der Waals surface area contributed by atoms with Gasteiger partial charge in [0.15, 0.2) is 5.78 Å². The Morgan fingerprint density at radius 1 is 1.03 bits per heavy atom. The number of pyridine rings is 1. The van der Waals surface area contributed by atoms with E-state index in [1.165, 1.54) is 29.7 Å². The van der Waals surface area contributed by atoms with Gasteiger partial charge in [-0.3, -0.25) is 4.79 Å². The van der Waals surface area contributed by atoms with E-state index in [2.05, 4.69) is 29.6 Å². The average Bonchev–Trinajstić information content (AvgIpc) is 3.22. The van der Waals surface area contributed by atoms with Crippen LogP contribution in [0.3, 0.4) is 0 Å². The third-order valence-electron chi connectivity index (χ3n) is 6.66. The molecule has 4 aromatic rings. The average molecular weight is 441 g/mol. The number of ketones is 1. The lowest BCUT2D eigenvalue weighted by molar-refractivity contribution is 0.0976. The normalized spacial score (nSPS) is 17.5. The summed E-state index contributed by atoms with van der Waals surface area (Å²) in [4.78, 5) is 20.1. The minimum Gasteiger partial charge on any atom is -0.497 e. The second kappa shape index (κ2) is 7.75. The highest BCUT2D eigenvalue weighted by Gasteiger charge is 2.32. The molecule has 2 aromatic heterocycles. The first-order valence-corrected chi connectivity index (χ1v) is 12.0. The molecule has 6 rings (SSSR count). The molecule has 3 heterocycles. The number of rotatable bonds is 3. The zero-order chi connectivity index (χ0) is 21.7. The van der Waals surface area contributed by atoms with Crippen molar-refractivity contribution in [1.82, 2.24) is 4.98 Å². The molecule has 1 unspecified atom stereocenters. The number of ether oxygens (including phenoxy) is 1. The Morgan fingerprint density at radius 3 is 2.59 bits per heavy atom. The molecular formula is C27H24N2O2S. The van der Waals surface area contributed by atoms with Crippen molar-refractivity contribution < 1.29 is 9.53 Å². The van der Waals surface area contributed by atoms with Crippen LogP contribution in [0, 0.1) is 0 Å². The van der Waals surface area contributed by atoms with Crippen molar-refractivity contribution in [2.75, 3.05) is 12.4 Å². The van der Waals surface area contributed by atoms with E-state index in [0.29, 0.717) is 6.42 Å². The standard InChI is InChI=1S/C27H24N2O2S/c1-31-18-13-11-17(12-14-18)23-19-9-5-6-10-20(19)29-27-24(23)25-26(32-27)22(30)15-21(28-25)16-7-3-2-4-8-16/h2-4,7-8,11-14,21,28H,5-6,9-10,15H2,1H3. The van der Waals surface area contributed by atoms with Gasteiger partial charge in [0, 0.05) is 17.5 Å². The first-order valence-electron chi connectivity index (χ1n) is 11.2. The highest BCUT2D eigenvalue weighted by Crippen LogP contribution is 2.48. The number of aryl methyl sites for hydroxylation is 1. The molecule has 1 aliphatic carbocycles. The molecule has 0 spiro atoms. The van der Waals surface area contributed by atoms with Crippen molar-refractivity contribution in [3.8, 4) is 16.9 Å². The summed E-state index contributed by atoms with van der Waals surface area (Å²) < 4.78 is 5.39. The topological polar surface area (TPSA) is 51.2 Å². The fraction of sp³-hybridized carbons (Fsp3) is 0.259. The quantitative estimate of drug-likeness (QED) is 0.390. The van der Waals surface area contributed by atoms with Gasteiger partial charge in [-0.2, -0.15) is 0 Å². The zero-order valence-electron chi connectivity index (χ0n) is 18.0. The Balaban J connectivity index is 1.59. The molecule has 0 saturated carbocycles. The minimum absolute atomic E-state index is 0.0197. The molecule has 0 bridgehead atoms. The number of methoxy groups -OCH3 is 1. The van der Waals surface area contributed by atoms with Crippen molar-refractivity contribution in [3.05, 3.63) is 76.3 Å². The summed E-state index contributed by atoms with van der Waals surface area (Å²) in [5.74, 6) is 1.05. The highest BCUT2D eigenvalue weighted by atomic mass is 32.1. The maximum absolute atomic E-state index is 13.2. The molecule has 4 nitrogen and oxygen atoms in total. The van der Waals surface area contributed by atoms with E-state index in [1.807, 2.05) is 30.3 Å². The molecule has 1 atom stereocenters. The number of aromatic nitrogens is 1. The Kier molecular flexibility index (Phi) is 4.72. The van der Waals surface area contributed by atoms with Gasteiger partial charge >= 0.3 is 0 Å². The van der Waals surface area contributed by atoms with Crippen LogP contribution in [0.2, 0.25) is 0 Å². The molecule has 1 aliphatic heterocycles. The number of nitrogens with zero attached hydrogens (tertiary/aromatic N) is 1. The molecule has 0 amide bonds. The third-order valence-corrected chi connectivity index (χ3v) is 7.78. The van der Waals surface area contributed by atoms with Crippen LogP contribution in [0.25, 0.3) is 21.3 Å². The maximum atomic E-state index is 13.2. The lowest BCUT2D eigenvalue weighted by Gasteiger charge is -2.26. The van der Waals surface area contributed by atoms with Gasteiger partial charge in [-0.25, -0.2) is 4.98 Å². The Morgan fingerprint density at radius 2 is 1.81 bits per heavy atom. The number of hydrogen-bond donors (Lipinski definition) is 1. The summed E-state index contributed by atoms with van der Waals surface area (Å²) in [6.07, 6.45) is 4.85. The molecule has 0 fully saturated rings. The summed E-state index contributed by atoms with van der Waals surface area (Å²) >= 11 is 1.55. The maximum Gasteiger partial charge on any atom is 0.177 e. The van der Waals surface area contributed by atoms with E-state index in [4.69, 9.17) is 9.72 Å². The third kappa shape index (κ3) is 3.11. The van der Waals surface area contributed by atoms with Crippen molar-refractivity contribution in [3.63, 3.8) is 0 Å². The molecule has 0 radical (unpaired) electrons. The van der Waals surface area contributed by atoms with Crippen LogP contribution in [0.5, 0.6) is 5.75 Å².